The molecule has 6 unspecified atom stereocenters. The number of aliphatic hydroxyl groups is 11. The number of benzene rings is 3. The van der Waals surface area contributed by atoms with Crippen LogP contribution in [0.4, 0.5) is 0 Å². The Labute approximate surface area is 349 Å². The smallest absolute Gasteiger partial charge is 0.402 e. The third-order valence-corrected chi connectivity index (χ3v) is 10.5. The molecular formula is C40H45O22+. The molecule has 0 saturated carbocycles. The Morgan fingerprint density at radius 2 is 1.06 bits per heavy atom. The number of aromatic hydroxyl groups is 2. The number of fused-ring (bicyclic) bond motifs is 1. The van der Waals surface area contributed by atoms with Crippen molar-refractivity contribution in [1.82, 2.24) is 0 Å². The SMILES string of the molecule is O=C(OCC1O[C@@H](Oc2cc(O)c3cc(O[C@@H]4OC(CO)[C@@H](O)[C@H](O)C4O)c(-c4ccc(O)cc4)[o+]c3c2)C(O)[C@@H](O)[C@@H]1O)c1ccc(O[C@@H]2OC(CO)[C@@H](O)[C@H](O)C2O)cc1. The average Bonchev–Trinajstić information content (AvgIpc) is 3.26. The highest BCUT2D eigenvalue weighted by Crippen LogP contribution is 2.41. The highest BCUT2D eigenvalue weighted by molar-refractivity contribution is 5.90. The number of hydrogen-bond donors (Lipinski definition) is 13. The summed E-state index contributed by atoms with van der Waals surface area (Å²) in [5, 5.41) is 134. The quantitative estimate of drug-likeness (QED) is 0.0505. The van der Waals surface area contributed by atoms with E-state index in [0.717, 1.165) is 6.07 Å². The number of phenolic OH excluding ortho intramolecular Hbond substituents is 2. The van der Waals surface area contributed by atoms with Gasteiger partial charge in [0.1, 0.15) is 108 Å². The minimum absolute atomic E-state index is 0.00157. The van der Waals surface area contributed by atoms with Gasteiger partial charge in [0.05, 0.1) is 30.4 Å². The van der Waals surface area contributed by atoms with Gasteiger partial charge in [-0.15, -0.1) is 0 Å². The zero-order valence-electron chi connectivity index (χ0n) is 32.1. The molecule has 22 heteroatoms. The lowest BCUT2D eigenvalue weighted by atomic mass is 9.99. The second-order valence-electron chi connectivity index (χ2n) is 14.7. The molecule has 0 bridgehead atoms. The molecule has 3 saturated heterocycles. The number of esters is 1. The van der Waals surface area contributed by atoms with Crippen molar-refractivity contribution in [2.75, 3.05) is 19.8 Å². The predicted octanol–water partition coefficient (Wildman–Crippen LogP) is -2.81. The average molecular weight is 878 g/mol. The Hall–Kier alpha value is -5.02. The summed E-state index contributed by atoms with van der Waals surface area (Å²) < 4.78 is 45.1. The largest absolute Gasteiger partial charge is 0.508 e. The van der Waals surface area contributed by atoms with Crippen molar-refractivity contribution in [2.45, 2.75) is 92.1 Å². The summed E-state index contributed by atoms with van der Waals surface area (Å²) >= 11 is 0. The zero-order valence-corrected chi connectivity index (χ0v) is 32.1. The Morgan fingerprint density at radius 1 is 0.565 bits per heavy atom. The van der Waals surface area contributed by atoms with E-state index in [9.17, 15) is 71.2 Å². The fourth-order valence-corrected chi connectivity index (χ4v) is 6.93. The van der Waals surface area contributed by atoms with Gasteiger partial charge in [-0.2, -0.15) is 0 Å². The van der Waals surface area contributed by atoms with Crippen LogP contribution in [0, 0.1) is 0 Å². The van der Waals surface area contributed by atoms with Gasteiger partial charge in [-0.1, -0.05) is 0 Å². The number of ether oxygens (including phenoxy) is 7. The molecular weight excluding hydrogens is 832 g/mol. The van der Waals surface area contributed by atoms with Gasteiger partial charge in [0.2, 0.25) is 24.6 Å². The number of phenols is 2. The monoisotopic (exact) mass is 877 g/mol. The molecule has 3 aliphatic heterocycles. The predicted molar refractivity (Wildman–Crippen MR) is 202 cm³/mol. The number of rotatable bonds is 12. The molecule has 4 heterocycles. The lowest BCUT2D eigenvalue weighted by molar-refractivity contribution is -0.277. The molecule has 336 valence electrons. The lowest BCUT2D eigenvalue weighted by Gasteiger charge is -2.39. The minimum atomic E-state index is -1.88. The van der Waals surface area contributed by atoms with Crippen molar-refractivity contribution in [2.24, 2.45) is 0 Å². The highest BCUT2D eigenvalue weighted by atomic mass is 16.7. The Morgan fingerprint density at radius 3 is 1.61 bits per heavy atom. The van der Waals surface area contributed by atoms with Gasteiger partial charge in [0, 0.05) is 12.1 Å². The molecule has 1 aromatic heterocycles. The van der Waals surface area contributed by atoms with Crippen LogP contribution in [-0.4, -0.2) is 184 Å². The van der Waals surface area contributed by atoms with E-state index < -0.39 is 124 Å². The van der Waals surface area contributed by atoms with Gasteiger partial charge in [-0.25, -0.2) is 9.21 Å². The Bertz CT molecular complexity index is 2150. The molecule has 62 heavy (non-hydrogen) atoms. The van der Waals surface area contributed by atoms with E-state index in [2.05, 4.69) is 0 Å². The van der Waals surface area contributed by atoms with Crippen LogP contribution in [-0.2, 0) is 18.9 Å². The first-order valence-corrected chi connectivity index (χ1v) is 19.1. The van der Waals surface area contributed by atoms with Crippen LogP contribution in [0.25, 0.3) is 22.3 Å². The highest BCUT2D eigenvalue weighted by Gasteiger charge is 2.48. The first-order valence-electron chi connectivity index (χ1n) is 19.1. The van der Waals surface area contributed by atoms with Crippen LogP contribution in [0.3, 0.4) is 0 Å². The van der Waals surface area contributed by atoms with Crippen LogP contribution in [0.5, 0.6) is 28.7 Å². The molecule has 15 atom stereocenters. The van der Waals surface area contributed by atoms with Gasteiger partial charge in [0.15, 0.2) is 0 Å². The molecule has 13 N–H and O–H groups in total. The van der Waals surface area contributed by atoms with Gasteiger partial charge in [-0.3, -0.25) is 0 Å². The summed E-state index contributed by atoms with van der Waals surface area (Å²) in [5.41, 5.74) is 0.215. The first kappa shape index (κ1) is 45.0. The fraction of sp³-hybridized carbons (Fsp3) is 0.450. The molecule has 0 radical (unpaired) electrons. The number of carbonyl (C=O) groups excluding carboxylic acids is 1. The van der Waals surface area contributed by atoms with E-state index in [0.29, 0.717) is 5.56 Å². The van der Waals surface area contributed by atoms with E-state index >= 15 is 0 Å². The van der Waals surface area contributed by atoms with E-state index in [1.165, 1.54) is 60.7 Å². The van der Waals surface area contributed by atoms with E-state index in [1.807, 2.05) is 0 Å². The molecule has 3 aliphatic rings. The van der Waals surface area contributed by atoms with Crippen molar-refractivity contribution in [1.29, 1.82) is 0 Å². The third-order valence-electron chi connectivity index (χ3n) is 10.5. The van der Waals surface area contributed by atoms with Crippen molar-refractivity contribution in [3.05, 3.63) is 72.3 Å². The van der Waals surface area contributed by atoms with E-state index in [-0.39, 0.29) is 45.3 Å². The van der Waals surface area contributed by atoms with Crippen LogP contribution < -0.4 is 14.2 Å². The minimum Gasteiger partial charge on any atom is -0.508 e. The second-order valence-corrected chi connectivity index (χ2v) is 14.7. The molecule has 3 aromatic carbocycles. The number of carbonyl (C=O) groups is 1. The topological polar surface area (TPSA) is 356 Å². The third kappa shape index (κ3) is 9.20. The van der Waals surface area contributed by atoms with Crippen molar-refractivity contribution >= 4 is 16.9 Å². The van der Waals surface area contributed by atoms with Crippen molar-refractivity contribution in [3.8, 4) is 40.1 Å². The molecule has 0 spiro atoms. The van der Waals surface area contributed by atoms with E-state index in [1.54, 1.807) is 0 Å². The first-order chi connectivity index (χ1) is 29.6. The second kappa shape index (κ2) is 18.8. The van der Waals surface area contributed by atoms with Gasteiger partial charge >= 0.3 is 17.3 Å². The van der Waals surface area contributed by atoms with Crippen LogP contribution in [0.1, 0.15) is 10.4 Å². The normalized spacial score (nSPS) is 33.8. The number of hydrogen-bond acceptors (Lipinski definition) is 21. The fourth-order valence-electron chi connectivity index (χ4n) is 6.93. The van der Waals surface area contributed by atoms with Crippen LogP contribution >= 0.6 is 0 Å². The number of aliphatic hydroxyl groups excluding tert-OH is 11. The summed E-state index contributed by atoms with van der Waals surface area (Å²) in [7, 11) is 0. The van der Waals surface area contributed by atoms with Gasteiger partial charge in [0.25, 0.3) is 0 Å². The molecule has 7 rings (SSSR count). The Balaban J connectivity index is 1.05. The summed E-state index contributed by atoms with van der Waals surface area (Å²) in [6, 6.07) is 14.4. The van der Waals surface area contributed by atoms with Crippen molar-refractivity contribution in [3.63, 3.8) is 0 Å². The maximum atomic E-state index is 12.9. The molecule has 0 amide bonds. The zero-order chi connectivity index (χ0) is 44.6. The summed E-state index contributed by atoms with van der Waals surface area (Å²) in [6.07, 6.45) is -24.5. The molecule has 4 aromatic rings. The lowest BCUT2D eigenvalue weighted by Crippen LogP contribution is -2.60. The molecule has 3 fully saturated rings. The molecule has 0 aliphatic carbocycles. The standard InChI is InChI=1S/C40H44O22/c41-12-24-27(45)30(48)33(51)38(60-24)56-18-7-3-16(4-8-18)37(54)55-14-26-29(47)32(50)34(52)39(62-26)57-19-9-21(44)20-11-23(59-40-35(53)31(49)28(46)25(13-42)61-40)36(58-22(20)10-19)15-1-5-17(43)6-2-15/h1-11,24-35,38-42,45-53H,12-14H2,(H-,43,44)/p+1/t24?,25?,26?,27-,28-,29-,30+,31+,32+,33?,34?,35?,38-,39-,40-/m1/s1. The van der Waals surface area contributed by atoms with Gasteiger partial charge < -0.3 is 99.5 Å². The van der Waals surface area contributed by atoms with Crippen LogP contribution in [0.2, 0.25) is 0 Å². The summed E-state index contributed by atoms with van der Waals surface area (Å²) in [6.45, 7) is -2.05. The molecule has 22 nitrogen and oxygen atoms in total. The maximum Gasteiger partial charge on any atom is 0.402 e. The van der Waals surface area contributed by atoms with Crippen LogP contribution in [0.15, 0.2) is 71.1 Å². The van der Waals surface area contributed by atoms with Gasteiger partial charge in [-0.05, 0) is 48.5 Å². The summed E-state index contributed by atoms with van der Waals surface area (Å²) in [5.74, 6) is -1.84. The maximum absolute atomic E-state index is 12.9. The summed E-state index contributed by atoms with van der Waals surface area (Å²) in [4.78, 5) is 12.9. The Kier molecular flexibility index (Phi) is 13.6. The van der Waals surface area contributed by atoms with Crippen molar-refractivity contribution < 1.29 is 109 Å². The van der Waals surface area contributed by atoms with E-state index in [4.69, 9.17) is 37.6 Å².